The van der Waals surface area contributed by atoms with Gasteiger partial charge in [0, 0.05) is 31.1 Å². The van der Waals surface area contributed by atoms with Crippen molar-refractivity contribution >= 4 is 33.4 Å². The van der Waals surface area contributed by atoms with Crippen LogP contribution in [0.25, 0.3) is 0 Å². The van der Waals surface area contributed by atoms with Gasteiger partial charge in [-0.25, -0.2) is 4.79 Å². The number of carbonyl (C=O) groups is 1. The van der Waals surface area contributed by atoms with Gasteiger partial charge in [-0.05, 0) is 40.4 Å². The van der Waals surface area contributed by atoms with E-state index in [9.17, 15) is 9.90 Å². The minimum absolute atomic E-state index is 0.111. The normalized spacial score (nSPS) is 24.3. The second-order valence-electron chi connectivity index (χ2n) is 6.87. The Labute approximate surface area is 138 Å². The summed E-state index contributed by atoms with van der Waals surface area (Å²) in [6, 6.07) is 4.20. The summed E-state index contributed by atoms with van der Waals surface area (Å²) in [5, 5.41) is 9.52. The van der Waals surface area contributed by atoms with Gasteiger partial charge >= 0.3 is 6.09 Å². The first-order chi connectivity index (χ1) is 9.63. The minimum atomic E-state index is -0.814. The highest BCUT2D eigenvalue weighted by Crippen LogP contribution is 2.39. The van der Waals surface area contributed by atoms with Gasteiger partial charge in [0.1, 0.15) is 0 Å². The summed E-state index contributed by atoms with van der Waals surface area (Å²) in [6.07, 6.45) is -0.814. The van der Waals surface area contributed by atoms with Gasteiger partial charge in [0.25, 0.3) is 0 Å². The number of rotatable bonds is 2. The summed E-state index contributed by atoms with van der Waals surface area (Å²) in [4.78, 5) is 16.9. The monoisotopic (exact) mass is 374 g/mol. The Morgan fingerprint density at radius 2 is 2.10 bits per heavy atom. The fourth-order valence-corrected chi connectivity index (χ4v) is 4.35. The second-order valence-corrected chi connectivity index (χ2v) is 9.42. The van der Waals surface area contributed by atoms with E-state index in [4.69, 9.17) is 0 Å². The summed E-state index contributed by atoms with van der Waals surface area (Å²) in [5.41, 5.74) is -0.494. The molecule has 4 nitrogen and oxygen atoms in total. The molecule has 0 radical (unpaired) electrons. The smallest absolute Gasteiger partial charge is 0.407 e. The summed E-state index contributed by atoms with van der Waals surface area (Å²) in [5.74, 6) is 0. The number of halogens is 1. The lowest BCUT2D eigenvalue weighted by molar-refractivity contribution is -0.0459. The summed E-state index contributed by atoms with van der Waals surface area (Å²) >= 11 is 5.24. The maximum Gasteiger partial charge on any atom is 0.407 e. The van der Waals surface area contributed by atoms with Crippen LogP contribution in [0.3, 0.4) is 0 Å². The SMILES string of the molecule is CC(C)(C)[C@@]1(C)CN(Cc2ccc(Br)s2)CCN1C(=O)O. The number of nitrogens with zero attached hydrogens (tertiary/aromatic N) is 2. The molecule has 1 aromatic rings. The van der Waals surface area contributed by atoms with E-state index in [1.165, 1.54) is 4.88 Å². The Morgan fingerprint density at radius 1 is 1.43 bits per heavy atom. The van der Waals surface area contributed by atoms with Crippen molar-refractivity contribution in [2.45, 2.75) is 39.8 Å². The van der Waals surface area contributed by atoms with E-state index in [2.05, 4.69) is 60.7 Å². The Kier molecular flexibility index (Phi) is 4.71. The van der Waals surface area contributed by atoms with Gasteiger partial charge in [0.2, 0.25) is 0 Å². The van der Waals surface area contributed by atoms with Crippen molar-refractivity contribution in [1.29, 1.82) is 0 Å². The highest BCUT2D eigenvalue weighted by atomic mass is 79.9. The molecule has 118 valence electrons. The van der Waals surface area contributed by atoms with Crippen LogP contribution in [0.2, 0.25) is 0 Å². The fourth-order valence-electron chi connectivity index (χ4n) is 2.83. The number of piperazine rings is 1. The first-order valence-corrected chi connectivity index (χ1v) is 8.71. The van der Waals surface area contributed by atoms with E-state index >= 15 is 0 Å². The highest BCUT2D eigenvalue weighted by molar-refractivity contribution is 9.11. The molecule has 2 rings (SSSR count). The van der Waals surface area contributed by atoms with E-state index < -0.39 is 6.09 Å². The van der Waals surface area contributed by atoms with Crippen LogP contribution in [-0.2, 0) is 6.54 Å². The van der Waals surface area contributed by atoms with Crippen LogP contribution in [0.1, 0.15) is 32.6 Å². The molecule has 21 heavy (non-hydrogen) atoms. The maximum atomic E-state index is 11.6. The molecule has 0 bridgehead atoms. The zero-order chi connectivity index (χ0) is 15.8. The van der Waals surface area contributed by atoms with Crippen LogP contribution < -0.4 is 0 Å². The van der Waals surface area contributed by atoms with E-state index in [1.807, 2.05) is 0 Å². The molecule has 0 spiro atoms. The zero-order valence-electron chi connectivity index (χ0n) is 13.0. The molecular weight excluding hydrogens is 352 g/mol. The highest BCUT2D eigenvalue weighted by Gasteiger charge is 2.48. The number of amides is 1. The first kappa shape index (κ1) is 16.8. The zero-order valence-corrected chi connectivity index (χ0v) is 15.4. The molecular formula is C15H23BrN2O2S. The number of hydrogen-bond donors (Lipinski definition) is 1. The van der Waals surface area contributed by atoms with Crippen molar-refractivity contribution in [2.24, 2.45) is 5.41 Å². The molecule has 0 unspecified atom stereocenters. The van der Waals surface area contributed by atoms with Crippen LogP contribution in [0.4, 0.5) is 4.79 Å². The van der Waals surface area contributed by atoms with Crippen molar-refractivity contribution in [3.05, 3.63) is 20.8 Å². The maximum absolute atomic E-state index is 11.6. The fraction of sp³-hybridized carbons (Fsp3) is 0.667. The largest absolute Gasteiger partial charge is 0.465 e. The van der Waals surface area contributed by atoms with E-state index in [0.29, 0.717) is 6.54 Å². The third-order valence-corrected chi connectivity index (χ3v) is 6.23. The van der Waals surface area contributed by atoms with Crippen molar-refractivity contribution in [3.63, 3.8) is 0 Å². The lowest BCUT2D eigenvalue weighted by Crippen LogP contribution is -2.67. The summed E-state index contributed by atoms with van der Waals surface area (Å²) < 4.78 is 1.14. The lowest BCUT2D eigenvalue weighted by atomic mass is 9.72. The van der Waals surface area contributed by atoms with Gasteiger partial charge < -0.3 is 5.11 Å². The average Bonchev–Trinajstić information content (AvgIpc) is 2.73. The molecule has 1 aliphatic rings. The summed E-state index contributed by atoms with van der Waals surface area (Å²) in [7, 11) is 0. The number of carboxylic acid groups (broad SMARTS) is 1. The van der Waals surface area contributed by atoms with E-state index in [1.54, 1.807) is 16.2 Å². The summed E-state index contributed by atoms with van der Waals surface area (Å²) in [6.45, 7) is 11.4. The van der Waals surface area contributed by atoms with Gasteiger partial charge in [-0.15, -0.1) is 11.3 Å². The molecule has 1 aliphatic heterocycles. The molecule has 2 heterocycles. The molecule has 1 saturated heterocycles. The Bertz CT molecular complexity index is 526. The quantitative estimate of drug-likeness (QED) is 0.846. The van der Waals surface area contributed by atoms with Crippen LogP contribution in [0.15, 0.2) is 15.9 Å². The first-order valence-electron chi connectivity index (χ1n) is 7.10. The van der Waals surface area contributed by atoms with E-state index in [-0.39, 0.29) is 11.0 Å². The molecule has 1 atom stereocenters. The predicted octanol–water partition coefficient (Wildman–Crippen LogP) is 4.11. The van der Waals surface area contributed by atoms with Crippen molar-refractivity contribution < 1.29 is 9.90 Å². The van der Waals surface area contributed by atoms with Crippen LogP contribution in [0, 0.1) is 5.41 Å². The van der Waals surface area contributed by atoms with Gasteiger partial charge in [-0.3, -0.25) is 9.80 Å². The molecule has 0 aromatic carbocycles. The molecule has 1 N–H and O–H groups in total. The second kappa shape index (κ2) is 5.89. The van der Waals surface area contributed by atoms with Crippen molar-refractivity contribution in [1.82, 2.24) is 9.80 Å². The predicted molar refractivity (Wildman–Crippen MR) is 89.9 cm³/mol. The third kappa shape index (κ3) is 3.43. The number of thiophene rings is 1. The average molecular weight is 375 g/mol. The van der Waals surface area contributed by atoms with Crippen molar-refractivity contribution in [3.8, 4) is 0 Å². The van der Waals surface area contributed by atoms with Gasteiger partial charge in [0.05, 0.1) is 9.33 Å². The Morgan fingerprint density at radius 3 is 2.57 bits per heavy atom. The molecule has 1 aromatic heterocycles. The van der Waals surface area contributed by atoms with Gasteiger partial charge in [-0.1, -0.05) is 20.8 Å². The molecule has 0 aliphatic carbocycles. The van der Waals surface area contributed by atoms with Crippen LogP contribution >= 0.6 is 27.3 Å². The lowest BCUT2D eigenvalue weighted by Gasteiger charge is -2.54. The van der Waals surface area contributed by atoms with Crippen LogP contribution in [0.5, 0.6) is 0 Å². The topological polar surface area (TPSA) is 43.8 Å². The third-order valence-electron chi connectivity index (χ3n) is 4.62. The van der Waals surface area contributed by atoms with Crippen LogP contribution in [-0.4, -0.2) is 46.2 Å². The molecule has 1 amide bonds. The Balaban J connectivity index is 2.18. The molecule has 0 saturated carbocycles. The standard InChI is InChI=1S/C15H23BrN2O2S/c1-14(2,3)15(4)10-17(7-8-18(15)13(19)20)9-11-5-6-12(16)21-11/h5-6H,7-10H2,1-4H3,(H,19,20)/t15-/m1/s1. The van der Waals surface area contributed by atoms with E-state index in [0.717, 1.165) is 23.4 Å². The van der Waals surface area contributed by atoms with Crippen molar-refractivity contribution in [2.75, 3.05) is 19.6 Å². The van der Waals surface area contributed by atoms with Gasteiger partial charge in [0.15, 0.2) is 0 Å². The molecule has 1 fully saturated rings. The van der Waals surface area contributed by atoms with Gasteiger partial charge in [-0.2, -0.15) is 0 Å². The Hall–Kier alpha value is -0.590. The molecule has 6 heteroatoms. The number of hydrogen-bond acceptors (Lipinski definition) is 3. The minimum Gasteiger partial charge on any atom is -0.465 e.